The monoisotopic (exact) mass is 306 g/mol. The second-order valence-electron chi connectivity index (χ2n) is 4.57. The van der Waals surface area contributed by atoms with E-state index in [1.54, 1.807) is 0 Å². The van der Waals surface area contributed by atoms with Crippen molar-refractivity contribution >= 4 is 28.5 Å². The molecule has 0 aromatic carbocycles. The molecule has 0 spiro atoms. The molecule has 1 aliphatic heterocycles. The van der Waals surface area contributed by atoms with E-state index in [2.05, 4.69) is 15.3 Å². The molecule has 1 saturated heterocycles. The molecule has 1 N–H and O–H groups in total. The van der Waals surface area contributed by atoms with Gasteiger partial charge in [0.2, 0.25) is 5.28 Å². The smallest absolute Gasteiger partial charge is 0.377 e. The number of nitrogens with one attached hydrogen (secondary N) is 1. The lowest BCUT2D eigenvalue weighted by molar-refractivity contribution is -0.136. The van der Waals surface area contributed by atoms with Crippen LogP contribution in [-0.4, -0.2) is 33.8 Å². The summed E-state index contributed by atoms with van der Waals surface area (Å²) in [6.07, 6.45) is -3.50. The third-order valence-corrected chi connectivity index (χ3v) is 3.24. The number of hydrogen-bond donors (Lipinski definition) is 1. The molecule has 0 unspecified atom stereocenters. The van der Waals surface area contributed by atoms with Crippen molar-refractivity contribution < 1.29 is 17.9 Å². The van der Waals surface area contributed by atoms with Crippen LogP contribution in [0, 0.1) is 0 Å². The van der Waals surface area contributed by atoms with E-state index in [1.165, 1.54) is 11.6 Å². The van der Waals surface area contributed by atoms with Crippen molar-refractivity contribution in [1.29, 1.82) is 0 Å². The lowest BCUT2D eigenvalue weighted by Gasteiger charge is -2.27. The topological polar surface area (TPSA) is 52.0 Å². The molecule has 0 amide bonds. The lowest BCUT2D eigenvalue weighted by Crippen LogP contribution is -2.40. The van der Waals surface area contributed by atoms with Crippen LogP contribution in [0.25, 0.3) is 11.0 Å². The molecule has 0 aliphatic carbocycles. The average Bonchev–Trinajstić information content (AvgIpc) is 2.61. The quantitative estimate of drug-likeness (QED) is 0.866. The van der Waals surface area contributed by atoms with Gasteiger partial charge in [-0.05, 0) is 11.6 Å². The molecule has 1 aliphatic rings. The number of anilines is 1. The summed E-state index contributed by atoms with van der Waals surface area (Å²) in [4.78, 5) is 7.75. The number of hydrogen-bond acceptors (Lipinski definition) is 4. The molecule has 0 radical (unpaired) electrons. The zero-order valence-corrected chi connectivity index (χ0v) is 11.1. The largest absolute Gasteiger partial charge is 0.418 e. The van der Waals surface area contributed by atoms with Gasteiger partial charge < -0.3 is 14.6 Å². The first-order chi connectivity index (χ1) is 9.36. The van der Waals surface area contributed by atoms with Crippen LogP contribution >= 0.6 is 11.6 Å². The maximum absolute atomic E-state index is 13.1. The summed E-state index contributed by atoms with van der Waals surface area (Å²) in [6, 6.07) is -0.0644. The fourth-order valence-corrected chi connectivity index (χ4v) is 2.24. The molecular weight excluding hydrogens is 297 g/mol. The second kappa shape index (κ2) is 4.49. The third kappa shape index (κ3) is 2.18. The Hall–Kier alpha value is -1.54. The van der Waals surface area contributed by atoms with E-state index in [4.69, 9.17) is 16.3 Å². The van der Waals surface area contributed by atoms with Crippen LogP contribution in [0.5, 0.6) is 0 Å². The van der Waals surface area contributed by atoms with E-state index in [0.29, 0.717) is 13.2 Å². The van der Waals surface area contributed by atoms with Gasteiger partial charge in [0.25, 0.3) is 0 Å². The number of nitrogens with zero attached hydrogens (tertiary/aromatic N) is 3. The van der Waals surface area contributed by atoms with Crippen LogP contribution in [0.4, 0.5) is 19.0 Å². The van der Waals surface area contributed by atoms with Gasteiger partial charge in [0.1, 0.15) is 11.5 Å². The standard InChI is InChI=1S/C11H10ClF3N4O/c1-19-2-6(11(13,14)15)7-8(16-5-3-20-4-5)17-10(12)18-9(7)19/h2,5H,3-4H2,1H3,(H,16,17,18). The minimum atomic E-state index is -4.48. The Balaban J connectivity index is 2.20. The molecule has 0 bridgehead atoms. The summed E-state index contributed by atoms with van der Waals surface area (Å²) in [5.74, 6) is 0.0845. The van der Waals surface area contributed by atoms with Crippen molar-refractivity contribution in [3.8, 4) is 0 Å². The van der Waals surface area contributed by atoms with E-state index in [9.17, 15) is 13.2 Å². The lowest BCUT2D eigenvalue weighted by atomic mass is 10.2. The van der Waals surface area contributed by atoms with Gasteiger partial charge in [-0.1, -0.05) is 0 Å². The van der Waals surface area contributed by atoms with E-state index in [-0.39, 0.29) is 28.2 Å². The molecular formula is C11H10ClF3N4O. The minimum Gasteiger partial charge on any atom is -0.377 e. The zero-order valence-electron chi connectivity index (χ0n) is 10.3. The van der Waals surface area contributed by atoms with Gasteiger partial charge in [-0.15, -0.1) is 0 Å². The summed E-state index contributed by atoms with van der Waals surface area (Å²) in [5.41, 5.74) is -0.644. The van der Waals surface area contributed by atoms with Crippen LogP contribution in [0.1, 0.15) is 5.56 Å². The molecule has 9 heteroatoms. The normalized spacial score (nSPS) is 16.4. The van der Waals surface area contributed by atoms with E-state index < -0.39 is 11.7 Å². The molecule has 108 valence electrons. The molecule has 0 saturated carbocycles. The fourth-order valence-electron chi connectivity index (χ4n) is 2.08. The highest BCUT2D eigenvalue weighted by Crippen LogP contribution is 2.38. The minimum absolute atomic E-state index is 0.0644. The third-order valence-electron chi connectivity index (χ3n) is 3.07. The van der Waals surface area contributed by atoms with Crippen molar-refractivity contribution in [3.05, 3.63) is 17.0 Å². The second-order valence-corrected chi connectivity index (χ2v) is 4.91. The van der Waals surface area contributed by atoms with Crippen LogP contribution in [0.15, 0.2) is 6.20 Å². The Kier molecular flexibility index (Phi) is 3.02. The fraction of sp³-hybridized carbons (Fsp3) is 0.455. The van der Waals surface area contributed by atoms with Crippen molar-refractivity contribution in [2.75, 3.05) is 18.5 Å². The highest BCUT2D eigenvalue weighted by Gasteiger charge is 2.36. The Morgan fingerprint density at radius 3 is 2.65 bits per heavy atom. The van der Waals surface area contributed by atoms with Gasteiger partial charge in [-0.25, -0.2) is 4.98 Å². The van der Waals surface area contributed by atoms with Gasteiger partial charge in [-0.2, -0.15) is 18.2 Å². The number of aromatic nitrogens is 3. The number of rotatable bonds is 2. The highest BCUT2D eigenvalue weighted by atomic mass is 35.5. The highest BCUT2D eigenvalue weighted by molar-refractivity contribution is 6.28. The molecule has 2 aromatic heterocycles. The maximum atomic E-state index is 13.1. The molecule has 5 nitrogen and oxygen atoms in total. The SMILES string of the molecule is Cn1cc(C(F)(F)F)c2c(NC3COC3)nc(Cl)nc21. The first-order valence-electron chi connectivity index (χ1n) is 5.80. The molecule has 2 aromatic rings. The Morgan fingerprint density at radius 1 is 1.40 bits per heavy atom. The van der Waals surface area contributed by atoms with E-state index in [0.717, 1.165) is 6.20 Å². The molecule has 0 atom stereocenters. The summed E-state index contributed by atoms with van der Waals surface area (Å²) >= 11 is 5.78. The molecule has 1 fully saturated rings. The molecule has 20 heavy (non-hydrogen) atoms. The Labute approximate surface area is 116 Å². The number of ether oxygens (including phenoxy) is 1. The Morgan fingerprint density at radius 2 is 2.10 bits per heavy atom. The number of alkyl halides is 3. The summed E-state index contributed by atoms with van der Waals surface area (Å²) in [7, 11) is 1.48. The van der Waals surface area contributed by atoms with Crippen LogP contribution in [-0.2, 0) is 18.0 Å². The average molecular weight is 307 g/mol. The zero-order chi connectivity index (χ0) is 14.5. The van der Waals surface area contributed by atoms with Crippen LogP contribution in [0.3, 0.4) is 0 Å². The van der Waals surface area contributed by atoms with Crippen LogP contribution in [0.2, 0.25) is 5.28 Å². The van der Waals surface area contributed by atoms with Gasteiger partial charge in [-0.3, -0.25) is 0 Å². The molecule has 3 rings (SSSR count). The van der Waals surface area contributed by atoms with Crippen molar-refractivity contribution in [2.24, 2.45) is 7.05 Å². The maximum Gasteiger partial charge on any atom is 0.418 e. The van der Waals surface area contributed by atoms with Gasteiger partial charge in [0.05, 0.1) is 30.2 Å². The number of fused-ring (bicyclic) bond motifs is 1. The first kappa shape index (κ1) is 13.4. The summed E-state index contributed by atoms with van der Waals surface area (Å²) < 4.78 is 45.5. The first-order valence-corrected chi connectivity index (χ1v) is 6.18. The Bertz CT molecular complexity index is 666. The van der Waals surface area contributed by atoms with Crippen molar-refractivity contribution in [1.82, 2.24) is 14.5 Å². The predicted molar refractivity (Wildman–Crippen MR) is 66.8 cm³/mol. The van der Waals surface area contributed by atoms with Crippen molar-refractivity contribution in [2.45, 2.75) is 12.2 Å². The van der Waals surface area contributed by atoms with E-state index in [1.807, 2.05) is 0 Å². The van der Waals surface area contributed by atoms with E-state index >= 15 is 0 Å². The summed E-state index contributed by atoms with van der Waals surface area (Å²) in [5, 5.41) is 2.74. The summed E-state index contributed by atoms with van der Waals surface area (Å²) in [6.45, 7) is 0.856. The number of halogens is 4. The van der Waals surface area contributed by atoms with Gasteiger partial charge >= 0.3 is 6.18 Å². The van der Waals surface area contributed by atoms with Crippen LogP contribution < -0.4 is 5.32 Å². The number of aryl methyl sites for hydroxylation is 1. The van der Waals surface area contributed by atoms with Gasteiger partial charge in [0.15, 0.2) is 0 Å². The van der Waals surface area contributed by atoms with Gasteiger partial charge in [0, 0.05) is 13.2 Å². The molecule has 3 heterocycles. The predicted octanol–water partition coefficient (Wildman–Crippen LogP) is 2.45. The van der Waals surface area contributed by atoms with Crippen molar-refractivity contribution in [3.63, 3.8) is 0 Å².